The molecule has 1 saturated heterocycles. The van der Waals surface area contributed by atoms with E-state index in [1.807, 2.05) is 0 Å². The van der Waals surface area contributed by atoms with Crippen molar-refractivity contribution in [3.8, 4) is 5.75 Å². The number of hydrogen-bond acceptors (Lipinski definition) is 4. The van der Waals surface area contributed by atoms with Crippen molar-refractivity contribution >= 4 is 0 Å². The lowest BCUT2D eigenvalue weighted by molar-refractivity contribution is 0.102. The van der Waals surface area contributed by atoms with Gasteiger partial charge in [-0.1, -0.05) is 6.07 Å². The van der Waals surface area contributed by atoms with Crippen molar-refractivity contribution in [2.45, 2.75) is 19.3 Å². The van der Waals surface area contributed by atoms with Crippen LogP contribution in [-0.2, 0) is 12.8 Å². The fraction of sp³-hybridized carbons (Fsp3) is 0.647. The van der Waals surface area contributed by atoms with Crippen LogP contribution in [0.25, 0.3) is 0 Å². The normalized spacial score (nSPS) is 19.7. The van der Waals surface area contributed by atoms with Crippen LogP contribution in [0.3, 0.4) is 0 Å². The number of aryl methyl sites for hydroxylation is 2. The van der Waals surface area contributed by atoms with Gasteiger partial charge in [-0.15, -0.1) is 0 Å². The predicted molar refractivity (Wildman–Crippen MR) is 83.9 cm³/mol. The van der Waals surface area contributed by atoms with Gasteiger partial charge in [0.1, 0.15) is 12.4 Å². The summed E-state index contributed by atoms with van der Waals surface area (Å²) in [5, 5.41) is 8.94. The summed E-state index contributed by atoms with van der Waals surface area (Å²) < 4.78 is 5.91. The summed E-state index contributed by atoms with van der Waals surface area (Å²) in [5.41, 5.74) is 2.98. The largest absolute Gasteiger partial charge is 0.492 e. The summed E-state index contributed by atoms with van der Waals surface area (Å²) >= 11 is 0. The van der Waals surface area contributed by atoms with E-state index in [2.05, 4.69) is 28.0 Å². The summed E-state index contributed by atoms with van der Waals surface area (Å²) in [5.74, 6) is 1.02. The maximum Gasteiger partial charge on any atom is 0.119 e. The van der Waals surface area contributed by atoms with Gasteiger partial charge in [-0.25, -0.2) is 0 Å². The Bertz CT molecular complexity index is 456. The molecule has 2 aliphatic rings. The molecule has 1 heterocycles. The van der Waals surface area contributed by atoms with Crippen LogP contribution < -0.4 is 4.74 Å². The van der Waals surface area contributed by atoms with Crippen LogP contribution in [0.5, 0.6) is 5.75 Å². The second-order valence-corrected chi connectivity index (χ2v) is 6.04. The zero-order chi connectivity index (χ0) is 14.5. The highest BCUT2D eigenvalue weighted by molar-refractivity contribution is 5.38. The fourth-order valence-electron chi connectivity index (χ4n) is 3.31. The fourth-order valence-corrected chi connectivity index (χ4v) is 3.31. The first kappa shape index (κ1) is 14.8. The number of aliphatic hydroxyl groups excluding tert-OH is 1. The first-order chi connectivity index (χ1) is 10.3. The van der Waals surface area contributed by atoms with Crippen molar-refractivity contribution in [3.63, 3.8) is 0 Å². The van der Waals surface area contributed by atoms with Crippen LogP contribution in [0.1, 0.15) is 17.5 Å². The second kappa shape index (κ2) is 7.25. The van der Waals surface area contributed by atoms with Crippen LogP contribution in [0, 0.1) is 0 Å². The zero-order valence-corrected chi connectivity index (χ0v) is 12.8. The maximum absolute atomic E-state index is 8.94. The van der Waals surface area contributed by atoms with Crippen LogP contribution >= 0.6 is 0 Å². The van der Waals surface area contributed by atoms with Gasteiger partial charge in [0.15, 0.2) is 0 Å². The van der Waals surface area contributed by atoms with E-state index in [0.717, 1.165) is 51.6 Å². The molecule has 0 saturated carbocycles. The van der Waals surface area contributed by atoms with Gasteiger partial charge in [0.2, 0.25) is 0 Å². The average molecular weight is 290 g/mol. The van der Waals surface area contributed by atoms with Gasteiger partial charge < -0.3 is 9.84 Å². The maximum atomic E-state index is 8.94. The molecular formula is C17H26N2O2. The third-order valence-electron chi connectivity index (χ3n) is 4.63. The van der Waals surface area contributed by atoms with E-state index in [4.69, 9.17) is 9.84 Å². The molecule has 1 aliphatic carbocycles. The molecule has 0 radical (unpaired) electrons. The summed E-state index contributed by atoms with van der Waals surface area (Å²) in [6.07, 6.45) is 3.73. The molecule has 3 rings (SSSR count). The lowest BCUT2D eigenvalue weighted by atomic mass is 10.1. The molecule has 116 valence electrons. The van der Waals surface area contributed by atoms with Crippen molar-refractivity contribution in [3.05, 3.63) is 29.3 Å². The van der Waals surface area contributed by atoms with Gasteiger partial charge in [0, 0.05) is 39.3 Å². The van der Waals surface area contributed by atoms with Gasteiger partial charge in [-0.3, -0.25) is 9.80 Å². The van der Waals surface area contributed by atoms with Crippen LogP contribution in [0.2, 0.25) is 0 Å². The minimum atomic E-state index is 0.265. The molecule has 4 nitrogen and oxygen atoms in total. The Kier molecular flexibility index (Phi) is 5.12. The standard InChI is InChI=1S/C17H26N2O2/c20-12-10-18-6-8-19(9-7-18)11-13-21-17-5-4-15-2-1-3-16(15)14-17/h4-5,14,20H,1-3,6-13H2. The monoisotopic (exact) mass is 290 g/mol. The van der Waals surface area contributed by atoms with Gasteiger partial charge in [0.25, 0.3) is 0 Å². The molecule has 0 amide bonds. The molecule has 1 N–H and O–H groups in total. The van der Waals surface area contributed by atoms with Crippen molar-refractivity contribution in [2.75, 3.05) is 52.5 Å². The number of fused-ring (bicyclic) bond motifs is 1. The third-order valence-corrected chi connectivity index (χ3v) is 4.63. The number of benzene rings is 1. The van der Waals surface area contributed by atoms with E-state index < -0.39 is 0 Å². The van der Waals surface area contributed by atoms with Gasteiger partial charge in [-0.05, 0) is 42.5 Å². The number of nitrogens with zero attached hydrogens (tertiary/aromatic N) is 2. The van der Waals surface area contributed by atoms with Crippen molar-refractivity contribution in [1.29, 1.82) is 0 Å². The molecule has 1 aromatic carbocycles. The van der Waals surface area contributed by atoms with Crippen molar-refractivity contribution < 1.29 is 9.84 Å². The Morgan fingerprint density at radius 3 is 2.43 bits per heavy atom. The average Bonchev–Trinajstić information content (AvgIpc) is 2.97. The predicted octanol–water partition coefficient (Wildman–Crippen LogP) is 1.16. The summed E-state index contributed by atoms with van der Waals surface area (Å²) in [6.45, 7) is 7.09. The Morgan fingerprint density at radius 2 is 1.67 bits per heavy atom. The first-order valence-corrected chi connectivity index (χ1v) is 8.15. The molecule has 1 fully saturated rings. The number of hydrogen-bond donors (Lipinski definition) is 1. The van der Waals surface area contributed by atoms with Gasteiger partial charge >= 0.3 is 0 Å². The zero-order valence-electron chi connectivity index (χ0n) is 12.8. The highest BCUT2D eigenvalue weighted by atomic mass is 16.5. The highest BCUT2D eigenvalue weighted by Crippen LogP contribution is 2.25. The van der Waals surface area contributed by atoms with E-state index in [9.17, 15) is 0 Å². The van der Waals surface area contributed by atoms with E-state index in [1.165, 1.54) is 30.4 Å². The van der Waals surface area contributed by atoms with Crippen LogP contribution in [-0.4, -0.2) is 67.4 Å². The smallest absolute Gasteiger partial charge is 0.119 e. The number of piperazine rings is 1. The summed E-state index contributed by atoms with van der Waals surface area (Å²) in [6, 6.07) is 6.57. The number of ether oxygens (including phenoxy) is 1. The minimum Gasteiger partial charge on any atom is -0.492 e. The summed E-state index contributed by atoms with van der Waals surface area (Å²) in [4.78, 5) is 4.76. The Balaban J connectivity index is 1.39. The lowest BCUT2D eigenvalue weighted by Crippen LogP contribution is -2.48. The van der Waals surface area contributed by atoms with Gasteiger partial charge in [0.05, 0.1) is 6.61 Å². The van der Waals surface area contributed by atoms with Crippen LogP contribution in [0.4, 0.5) is 0 Å². The minimum absolute atomic E-state index is 0.265. The highest BCUT2D eigenvalue weighted by Gasteiger charge is 2.16. The molecule has 0 aromatic heterocycles. The molecule has 1 aromatic rings. The van der Waals surface area contributed by atoms with E-state index in [-0.39, 0.29) is 6.61 Å². The molecule has 4 heteroatoms. The molecule has 0 atom stereocenters. The summed E-state index contributed by atoms with van der Waals surface area (Å²) in [7, 11) is 0. The van der Waals surface area contributed by atoms with Crippen LogP contribution in [0.15, 0.2) is 18.2 Å². The second-order valence-electron chi connectivity index (χ2n) is 6.04. The Hall–Kier alpha value is -1.10. The van der Waals surface area contributed by atoms with Gasteiger partial charge in [-0.2, -0.15) is 0 Å². The molecule has 1 aliphatic heterocycles. The number of aliphatic hydroxyl groups is 1. The molecule has 0 bridgehead atoms. The van der Waals surface area contributed by atoms with E-state index in [0.29, 0.717) is 0 Å². The Labute approximate surface area is 127 Å². The number of rotatable bonds is 6. The van der Waals surface area contributed by atoms with E-state index in [1.54, 1.807) is 0 Å². The number of β-amino-alcohol motifs (C(OH)–C–C–N with tert-alkyl or cyclic N) is 1. The Morgan fingerprint density at radius 1 is 0.952 bits per heavy atom. The van der Waals surface area contributed by atoms with Crippen molar-refractivity contribution in [2.24, 2.45) is 0 Å². The molecular weight excluding hydrogens is 264 g/mol. The molecule has 0 spiro atoms. The molecule has 21 heavy (non-hydrogen) atoms. The third kappa shape index (κ3) is 3.96. The lowest BCUT2D eigenvalue weighted by Gasteiger charge is -2.34. The van der Waals surface area contributed by atoms with E-state index >= 15 is 0 Å². The SMILES string of the molecule is OCCN1CCN(CCOc2ccc3c(c2)CCC3)CC1. The first-order valence-electron chi connectivity index (χ1n) is 8.15. The molecule has 0 unspecified atom stereocenters. The topological polar surface area (TPSA) is 35.9 Å². The quantitative estimate of drug-likeness (QED) is 0.853. The van der Waals surface area contributed by atoms with Crippen molar-refractivity contribution in [1.82, 2.24) is 9.80 Å².